The van der Waals surface area contributed by atoms with Gasteiger partial charge in [0, 0.05) is 44.3 Å². The van der Waals surface area contributed by atoms with E-state index in [0.717, 1.165) is 48.6 Å². The average molecular weight is 1130 g/mol. The Balaban J connectivity index is 1.56. The van der Waals surface area contributed by atoms with Gasteiger partial charge in [-0.05, 0) is 104 Å². The van der Waals surface area contributed by atoms with Gasteiger partial charge < -0.3 is 28.9 Å². The van der Waals surface area contributed by atoms with Gasteiger partial charge in [0.2, 0.25) is 46.5 Å². The molecule has 0 saturated heterocycles. The van der Waals surface area contributed by atoms with Gasteiger partial charge in [0.25, 0.3) is 0 Å². The van der Waals surface area contributed by atoms with Crippen LogP contribution in [-0.4, -0.2) is 44.4 Å². The van der Waals surface area contributed by atoms with E-state index in [4.69, 9.17) is 18.9 Å². The minimum absolute atomic E-state index is 0.740. The molecule has 4 aromatic carbocycles. The molecule has 0 radical (unpaired) electrons. The van der Waals surface area contributed by atoms with Crippen molar-refractivity contribution in [1.29, 1.82) is 0 Å². The summed E-state index contributed by atoms with van der Waals surface area (Å²) < 4.78 is 282. The summed E-state index contributed by atoms with van der Waals surface area (Å²) in [6.07, 6.45) is -1.14. The van der Waals surface area contributed by atoms with Crippen molar-refractivity contribution in [3.8, 4) is 67.5 Å². The molecule has 2 aliphatic rings. The number of nitrogens with zero attached hydrogens (tertiary/aromatic N) is 2. The zero-order chi connectivity index (χ0) is 58.4. The Morgan fingerprint density at radius 2 is 0.425 bits per heavy atom. The lowest BCUT2D eigenvalue weighted by Gasteiger charge is -2.16. The first-order valence-corrected chi connectivity index (χ1v) is 23.9. The highest BCUT2D eigenvalue weighted by molar-refractivity contribution is 6.00. The van der Waals surface area contributed by atoms with Crippen LogP contribution in [0, 0.1) is 93.1 Å². The van der Waals surface area contributed by atoms with Gasteiger partial charge in [0.15, 0.2) is 69.5 Å². The number of ether oxygens (including phenoxy) is 4. The number of fused-ring (bicyclic) bond motifs is 8. The number of halogens is 16. The van der Waals surface area contributed by atoms with Gasteiger partial charge in [-0.15, -0.1) is 0 Å². The van der Waals surface area contributed by atoms with Crippen molar-refractivity contribution in [2.24, 2.45) is 0 Å². The summed E-state index contributed by atoms with van der Waals surface area (Å²) in [4.78, 5) is 13.5. The maximum atomic E-state index is 16.7. The highest BCUT2D eigenvalue weighted by Crippen LogP contribution is 2.47. The molecule has 0 saturated carbocycles. The molecule has 5 heterocycles. The van der Waals surface area contributed by atoms with Gasteiger partial charge in [-0.2, -0.15) is 35.1 Å². The molecule has 2 aliphatic heterocycles. The Labute approximate surface area is 442 Å². The molecule has 0 atom stereocenters. The van der Waals surface area contributed by atoms with Crippen LogP contribution in [0.25, 0.3) is 90.9 Å². The van der Waals surface area contributed by atoms with Crippen LogP contribution in [0.15, 0.2) is 24.3 Å². The third-order valence-corrected chi connectivity index (χ3v) is 12.1. The predicted molar refractivity (Wildman–Crippen MR) is 263 cm³/mol. The Morgan fingerprint density at radius 3 is 0.575 bits per heavy atom. The molecule has 0 spiro atoms. The fourth-order valence-corrected chi connectivity index (χ4v) is 8.94. The van der Waals surface area contributed by atoms with Crippen LogP contribution in [0.3, 0.4) is 0 Å². The van der Waals surface area contributed by atoms with Crippen LogP contribution in [0.2, 0.25) is 0 Å². The summed E-state index contributed by atoms with van der Waals surface area (Å²) in [7, 11) is 0. The molecule has 8 nitrogen and oxygen atoms in total. The lowest BCUT2D eigenvalue weighted by atomic mass is 10.0. The second-order valence-electron chi connectivity index (χ2n) is 19.0. The van der Waals surface area contributed by atoms with E-state index in [1.807, 2.05) is 0 Å². The quantitative estimate of drug-likeness (QED) is 0.0935. The maximum absolute atomic E-state index is 16.7. The molecule has 0 amide bonds. The number of aromatic amines is 2. The maximum Gasteiger partial charge on any atom is 0.204 e. The zero-order valence-electron chi connectivity index (χ0n) is 42.5. The standard InChI is InChI=1S/C56H38F16N4O4/c1-17(2)77-53-45(65)37(57)33(38(58)46(53)66)29-21-9-11-23(73-21)30(34-39(59)47(67)54(78-18(3)4)48(68)40(34)60)25-13-15-27(75-25)32(36-43(63)51(71)56(80-20(7)8)52(72)44(36)64)28-16-14-26(76-28)31(24-12-10-22(29)74-24)35-41(61)49(69)55(79-19(5)6)50(70)42(35)62/h9-20,73,76H,1-8H3. The van der Waals surface area contributed by atoms with E-state index in [2.05, 4.69) is 19.9 Å². The van der Waals surface area contributed by atoms with Gasteiger partial charge in [0.05, 0.1) is 69.4 Å². The van der Waals surface area contributed by atoms with Crippen LogP contribution in [-0.2, 0) is 0 Å². The predicted octanol–water partition coefficient (Wildman–Crippen LogP) is 16.7. The number of aromatic nitrogens is 4. The van der Waals surface area contributed by atoms with Crippen LogP contribution in [0.1, 0.15) is 78.2 Å². The molecular weight excluding hydrogens is 1100 g/mol. The molecule has 418 valence electrons. The SMILES string of the molecule is CC(C)Oc1c(F)c(F)c(-c2c3nc(c(-c4c(F)c(F)c(OC(C)C)c(F)c4F)c4ccc([nH]4)c(-c4c(F)c(F)c(OC(C)C)c(F)c4F)c4nc(c(-c5c(F)c(F)c(OC(C)C)c(F)c5F)c5ccc2[nH]5)C=C4)C=C3)c(F)c1F. The lowest BCUT2D eigenvalue weighted by molar-refractivity contribution is 0.212. The first kappa shape index (κ1) is 56.3. The Bertz CT molecular complexity index is 3400. The van der Waals surface area contributed by atoms with Crippen LogP contribution >= 0.6 is 0 Å². The molecule has 3 aromatic heterocycles. The fourth-order valence-electron chi connectivity index (χ4n) is 8.94. The Kier molecular flexibility index (Phi) is 14.8. The van der Waals surface area contributed by atoms with E-state index in [1.165, 1.54) is 55.4 Å². The highest BCUT2D eigenvalue weighted by atomic mass is 19.2. The number of hydrogen-bond acceptors (Lipinski definition) is 6. The van der Waals surface area contributed by atoms with Crippen molar-refractivity contribution in [1.82, 2.24) is 19.9 Å². The Morgan fingerprint density at radius 1 is 0.263 bits per heavy atom. The summed E-state index contributed by atoms with van der Waals surface area (Å²) in [5.74, 6) is -40.6. The van der Waals surface area contributed by atoms with Crippen LogP contribution in [0.5, 0.6) is 23.0 Å². The molecule has 9 rings (SSSR count). The van der Waals surface area contributed by atoms with E-state index in [1.54, 1.807) is 0 Å². The minimum atomic E-state index is -2.18. The van der Waals surface area contributed by atoms with Crippen molar-refractivity contribution < 1.29 is 89.2 Å². The molecule has 2 N–H and O–H groups in total. The average Bonchev–Trinajstić information content (AvgIpc) is 4.44. The second kappa shape index (κ2) is 21.0. The van der Waals surface area contributed by atoms with E-state index in [0.29, 0.717) is 0 Å². The monoisotopic (exact) mass is 1130 g/mol. The van der Waals surface area contributed by atoms with Gasteiger partial charge in [-0.3, -0.25) is 0 Å². The number of benzene rings is 4. The summed E-state index contributed by atoms with van der Waals surface area (Å²) >= 11 is 0. The third-order valence-electron chi connectivity index (χ3n) is 12.1. The molecule has 0 aliphatic carbocycles. The number of nitrogens with one attached hydrogen (secondary N) is 2. The first-order chi connectivity index (χ1) is 37.7. The lowest BCUT2D eigenvalue weighted by Crippen LogP contribution is -2.12. The van der Waals surface area contributed by atoms with Gasteiger partial charge in [0.1, 0.15) is 0 Å². The number of H-pyrrole nitrogens is 2. The van der Waals surface area contributed by atoms with E-state index >= 15 is 70.2 Å². The van der Waals surface area contributed by atoms with Crippen molar-refractivity contribution in [2.45, 2.75) is 79.8 Å². The van der Waals surface area contributed by atoms with Crippen LogP contribution < -0.4 is 18.9 Å². The second-order valence-corrected chi connectivity index (χ2v) is 19.0. The van der Waals surface area contributed by atoms with Gasteiger partial charge in [-0.1, -0.05) is 0 Å². The molecule has 8 bridgehead atoms. The zero-order valence-corrected chi connectivity index (χ0v) is 42.5. The minimum Gasteiger partial charge on any atom is -0.485 e. The molecule has 0 unspecified atom stereocenters. The largest absolute Gasteiger partial charge is 0.485 e. The van der Waals surface area contributed by atoms with Crippen LogP contribution in [0.4, 0.5) is 70.2 Å². The molecule has 24 heteroatoms. The fraction of sp³-hybridized carbons (Fsp3) is 0.214. The summed E-state index contributed by atoms with van der Waals surface area (Å²) in [5, 5.41) is 0. The van der Waals surface area contributed by atoms with Crippen molar-refractivity contribution in [3.05, 3.63) is 140 Å². The third kappa shape index (κ3) is 9.29. The summed E-state index contributed by atoms with van der Waals surface area (Å²) in [6, 6.07) is 3.34. The summed E-state index contributed by atoms with van der Waals surface area (Å²) in [5.41, 5.74) is -16.9. The van der Waals surface area contributed by atoms with Crippen molar-refractivity contribution >= 4 is 46.4 Å². The molecule has 7 aromatic rings. The smallest absolute Gasteiger partial charge is 0.204 e. The normalized spacial score (nSPS) is 12.3. The topological polar surface area (TPSA) is 94.3 Å². The Hall–Kier alpha value is -8.44. The van der Waals surface area contributed by atoms with Crippen molar-refractivity contribution in [3.63, 3.8) is 0 Å². The molecule has 0 fully saturated rings. The summed E-state index contributed by atoms with van der Waals surface area (Å²) in [6.45, 7) is 10.1. The highest BCUT2D eigenvalue weighted by Gasteiger charge is 2.36. The van der Waals surface area contributed by atoms with Crippen molar-refractivity contribution in [2.75, 3.05) is 0 Å². The van der Waals surface area contributed by atoms with E-state index in [9.17, 15) is 0 Å². The first-order valence-electron chi connectivity index (χ1n) is 23.9. The van der Waals surface area contributed by atoms with Gasteiger partial charge in [-0.25, -0.2) is 45.1 Å². The number of rotatable bonds is 12. The molecule has 80 heavy (non-hydrogen) atoms. The van der Waals surface area contributed by atoms with E-state index in [-0.39, 0.29) is 0 Å². The number of hydrogen-bond donors (Lipinski definition) is 2. The molecular formula is C56H38F16N4O4. The van der Waals surface area contributed by atoms with E-state index < -0.39 is 230 Å². The van der Waals surface area contributed by atoms with Gasteiger partial charge >= 0.3 is 0 Å².